The molecule has 0 unspecified atom stereocenters. The first kappa shape index (κ1) is 14.8. The molecule has 6 nitrogen and oxygen atoms in total. The number of anilines is 2. The van der Waals surface area contributed by atoms with Gasteiger partial charge in [0.15, 0.2) is 0 Å². The molecule has 0 saturated heterocycles. The lowest BCUT2D eigenvalue weighted by Crippen LogP contribution is -2.40. The molecule has 0 radical (unpaired) electrons. The van der Waals surface area contributed by atoms with E-state index in [1.807, 2.05) is 0 Å². The zero-order valence-electron chi connectivity index (χ0n) is 11.2. The van der Waals surface area contributed by atoms with E-state index in [4.69, 9.17) is 15.6 Å². The number of nitrogens with zero attached hydrogens (tertiary/aromatic N) is 1. The Labute approximate surface area is 111 Å². The van der Waals surface area contributed by atoms with E-state index in [1.54, 1.807) is 45.0 Å². The van der Waals surface area contributed by atoms with Crippen LogP contribution in [0, 0.1) is 0 Å². The van der Waals surface area contributed by atoms with Crippen LogP contribution in [0.1, 0.15) is 20.8 Å². The second-order valence-corrected chi connectivity index (χ2v) is 5.02. The van der Waals surface area contributed by atoms with E-state index in [2.05, 4.69) is 0 Å². The zero-order valence-corrected chi connectivity index (χ0v) is 11.2. The first-order chi connectivity index (χ1) is 8.70. The fraction of sp³-hybridized carbons (Fsp3) is 0.385. The van der Waals surface area contributed by atoms with Crippen LogP contribution >= 0.6 is 0 Å². The lowest BCUT2D eigenvalue weighted by Gasteiger charge is -2.27. The lowest BCUT2D eigenvalue weighted by molar-refractivity contribution is -0.135. The minimum absolute atomic E-state index is 0.314. The van der Waals surface area contributed by atoms with Gasteiger partial charge in [0.1, 0.15) is 12.1 Å². The number of carboxylic acid groups (broad SMARTS) is 1. The average molecular weight is 266 g/mol. The van der Waals surface area contributed by atoms with Crippen LogP contribution in [0.3, 0.4) is 0 Å². The molecule has 0 fully saturated rings. The molecule has 0 aliphatic heterocycles. The summed E-state index contributed by atoms with van der Waals surface area (Å²) in [4.78, 5) is 23.9. The summed E-state index contributed by atoms with van der Waals surface area (Å²) in [6.45, 7) is 4.61. The fourth-order valence-corrected chi connectivity index (χ4v) is 1.43. The van der Waals surface area contributed by atoms with Gasteiger partial charge in [-0.2, -0.15) is 0 Å². The van der Waals surface area contributed by atoms with E-state index >= 15 is 0 Å². The SMILES string of the molecule is CC(C)(C)OC(=O)N(CC(=O)O)c1ccccc1N. The first-order valence-corrected chi connectivity index (χ1v) is 5.77. The number of nitrogen functional groups attached to an aromatic ring is 1. The first-order valence-electron chi connectivity index (χ1n) is 5.77. The number of ether oxygens (including phenoxy) is 1. The molecule has 0 spiro atoms. The van der Waals surface area contributed by atoms with Gasteiger partial charge in [-0.1, -0.05) is 12.1 Å². The third-order valence-electron chi connectivity index (χ3n) is 2.13. The normalized spacial score (nSPS) is 10.9. The molecule has 3 N–H and O–H groups in total. The standard InChI is InChI=1S/C13H18N2O4/c1-13(2,3)19-12(18)15(8-11(16)17)10-7-5-4-6-9(10)14/h4-7H,8,14H2,1-3H3,(H,16,17). The van der Waals surface area contributed by atoms with Crippen LogP contribution in [-0.4, -0.2) is 29.3 Å². The molecular weight excluding hydrogens is 248 g/mol. The molecule has 0 aliphatic carbocycles. The van der Waals surface area contributed by atoms with Gasteiger partial charge < -0.3 is 15.6 Å². The molecule has 0 saturated carbocycles. The van der Waals surface area contributed by atoms with Gasteiger partial charge in [-0.25, -0.2) is 4.79 Å². The Balaban J connectivity index is 3.05. The van der Waals surface area contributed by atoms with Crippen LogP contribution in [-0.2, 0) is 9.53 Å². The van der Waals surface area contributed by atoms with E-state index in [1.165, 1.54) is 0 Å². The Morgan fingerprint density at radius 3 is 2.37 bits per heavy atom. The predicted molar refractivity (Wildman–Crippen MR) is 72.1 cm³/mol. The molecule has 1 aromatic carbocycles. The number of para-hydroxylation sites is 2. The number of hydrogen-bond acceptors (Lipinski definition) is 4. The largest absolute Gasteiger partial charge is 0.480 e. The summed E-state index contributed by atoms with van der Waals surface area (Å²) in [7, 11) is 0. The topological polar surface area (TPSA) is 92.9 Å². The predicted octanol–water partition coefficient (Wildman–Crippen LogP) is 2.09. The maximum Gasteiger partial charge on any atom is 0.415 e. The van der Waals surface area contributed by atoms with Crippen LogP contribution in [0.2, 0.25) is 0 Å². The van der Waals surface area contributed by atoms with Crippen LogP contribution in [0.15, 0.2) is 24.3 Å². The van der Waals surface area contributed by atoms with Crippen LogP contribution in [0.25, 0.3) is 0 Å². The molecular formula is C13H18N2O4. The van der Waals surface area contributed by atoms with Gasteiger partial charge in [-0.3, -0.25) is 9.69 Å². The van der Waals surface area contributed by atoms with Crippen molar-refractivity contribution in [2.75, 3.05) is 17.2 Å². The summed E-state index contributed by atoms with van der Waals surface area (Å²) in [5.41, 5.74) is 5.68. The Hall–Kier alpha value is -2.24. The molecule has 1 rings (SSSR count). The summed E-state index contributed by atoms with van der Waals surface area (Å²) in [5, 5.41) is 8.89. The van der Waals surface area contributed by atoms with Gasteiger partial charge in [0, 0.05) is 0 Å². The molecule has 0 heterocycles. The highest BCUT2D eigenvalue weighted by atomic mass is 16.6. The molecule has 0 aliphatic rings. The Bertz CT molecular complexity index is 480. The number of nitrogens with two attached hydrogens (primary N) is 1. The number of benzene rings is 1. The number of aliphatic carboxylic acids is 1. The van der Waals surface area contributed by atoms with Gasteiger partial charge >= 0.3 is 12.1 Å². The molecule has 0 atom stereocenters. The number of carbonyl (C=O) groups excluding carboxylic acids is 1. The van der Waals surface area contributed by atoms with Crippen LogP contribution in [0.5, 0.6) is 0 Å². The van der Waals surface area contributed by atoms with Gasteiger partial charge in [-0.05, 0) is 32.9 Å². The van der Waals surface area contributed by atoms with Crippen molar-refractivity contribution >= 4 is 23.4 Å². The molecule has 19 heavy (non-hydrogen) atoms. The summed E-state index contributed by atoms with van der Waals surface area (Å²) in [5.74, 6) is -1.14. The van der Waals surface area contributed by atoms with Gasteiger partial charge in [0.05, 0.1) is 11.4 Å². The number of hydrogen-bond donors (Lipinski definition) is 2. The van der Waals surface area contributed by atoms with Crippen molar-refractivity contribution in [2.24, 2.45) is 0 Å². The van der Waals surface area contributed by atoms with E-state index in [-0.39, 0.29) is 0 Å². The number of carbonyl (C=O) groups is 2. The highest BCUT2D eigenvalue weighted by Gasteiger charge is 2.26. The van der Waals surface area contributed by atoms with Crippen LogP contribution < -0.4 is 10.6 Å². The second-order valence-electron chi connectivity index (χ2n) is 5.02. The molecule has 0 bridgehead atoms. The number of rotatable bonds is 3. The minimum atomic E-state index is -1.14. The van der Waals surface area contributed by atoms with E-state index in [0.717, 1.165) is 4.90 Å². The number of carboxylic acids is 1. The quantitative estimate of drug-likeness (QED) is 0.817. The minimum Gasteiger partial charge on any atom is -0.480 e. The van der Waals surface area contributed by atoms with Crippen molar-refractivity contribution in [1.29, 1.82) is 0 Å². The van der Waals surface area contributed by atoms with Crippen molar-refractivity contribution in [3.05, 3.63) is 24.3 Å². The van der Waals surface area contributed by atoms with Crippen molar-refractivity contribution in [3.8, 4) is 0 Å². The Kier molecular flexibility index (Phi) is 4.37. The van der Waals surface area contributed by atoms with Gasteiger partial charge in [0.2, 0.25) is 0 Å². The van der Waals surface area contributed by atoms with E-state index in [0.29, 0.717) is 11.4 Å². The summed E-state index contributed by atoms with van der Waals surface area (Å²) >= 11 is 0. The van der Waals surface area contributed by atoms with Crippen molar-refractivity contribution in [3.63, 3.8) is 0 Å². The van der Waals surface area contributed by atoms with Crippen molar-refractivity contribution < 1.29 is 19.4 Å². The van der Waals surface area contributed by atoms with Gasteiger partial charge in [0.25, 0.3) is 0 Å². The highest BCUT2D eigenvalue weighted by Crippen LogP contribution is 2.24. The van der Waals surface area contributed by atoms with E-state index < -0.39 is 24.2 Å². The Morgan fingerprint density at radius 2 is 1.89 bits per heavy atom. The van der Waals surface area contributed by atoms with Crippen molar-refractivity contribution in [1.82, 2.24) is 0 Å². The highest BCUT2D eigenvalue weighted by molar-refractivity contribution is 5.96. The zero-order chi connectivity index (χ0) is 14.6. The van der Waals surface area contributed by atoms with E-state index in [9.17, 15) is 9.59 Å². The molecule has 0 aromatic heterocycles. The maximum atomic E-state index is 12.0. The smallest absolute Gasteiger partial charge is 0.415 e. The second kappa shape index (κ2) is 5.60. The summed E-state index contributed by atoms with van der Waals surface area (Å²) in [6, 6.07) is 6.54. The summed E-state index contributed by atoms with van der Waals surface area (Å²) in [6.07, 6.45) is -0.743. The fourth-order valence-electron chi connectivity index (χ4n) is 1.43. The van der Waals surface area contributed by atoms with Crippen LogP contribution in [0.4, 0.5) is 16.2 Å². The monoisotopic (exact) mass is 266 g/mol. The maximum absolute atomic E-state index is 12.0. The molecule has 1 aromatic rings. The summed E-state index contributed by atoms with van der Waals surface area (Å²) < 4.78 is 5.18. The van der Waals surface area contributed by atoms with Gasteiger partial charge in [-0.15, -0.1) is 0 Å². The molecule has 1 amide bonds. The number of amides is 1. The molecule has 6 heteroatoms. The third-order valence-corrected chi connectivity index (χ3v) is 2.13. The lowest BCUT2D eigenvalue weighted by atomic mass is 10.2. The Morgan fingerprint density at radius 1 is 1.32 bits per heavy atom. The van der Waals surface area contributed by atoms with Crippen molar-refractivity contribution in [2.45, 2.75) is 26.4 Å². The third kappa shape index (κ3) is 4.50. The average Bonchev–Trinajstić information content (AvgIpc) is 2.24. The molecule has 104 valence electrons.